The van der Waals surface area contributed by atoms with Crippen LogP contribution in [0.4, 0.5) is 0 Å². The fourth-order valence-corrected chi connectivity index (χ4v) is 3.31. The van der Waals surface area contributed by atoms with E-state index in [0.717, 1.165) is 6.54 Å². The summed E-state index contributed by atoms with van der Waals surface area (Å²) in [7, 11) is 0. The van der Waals surface area contributed by atoms with Gasteiger partial charge in [-0.05, 0) is 44.2 Å². The molecule has 2 N–H and O–H groups in total. The first kappa shape index (κ1) is 16.0. The summed E-state index contributed by atoms with van der Waals surface area (Å²) in [5.74, 6) is 0. The van der Waals surface area contributed by atoms with Crippen LogP contribution in [-0.2, 0) is 0 Å². The molecule has 0 saturated carbocycles. The molecule has 1 aliphatic heterocycles. The van der Waals surface area contributed by atoms with Gasteiger partial charge < -0.3 is 5.73 Å². The van der Waals surface area contributed by atoms with Crippen molar-refractivity contribution in [3.63, 3.8) is 0 Å². The number of piperidine rings is 1. The minimum atomic E-state index is 0.283. The lowest BCUT2D eigenvalue weighted by Gasteiger charge is -2.49. The van der Waals surface area contributed by atoms with Gasteiger partial charge in [0.1, 0.15) is 0 Å². The minimum Gasteiger partial charge on any atom is -0.329 e. The third-order valence-electron chi connectivity index (χ3n) is 5.53. The zero-order valence-corrected chi connectivity index (χ0v) is 13.1. The third kappa shape index (κ3) is 3.48. The molecule has 0 spiro atoms. The molecule has 0 amide bonds. The topological polar surface area (TPSA) is 29.3 Å². The largest absolute Gasteiger partial charge is 0.329 e. The monoisotopic (exact) mass is 254 g/mol. The van der Waals surface area contributed by atoms with Crippen molar-refractivity contribution in [2.75, 3.05) is 19.6 Å². The molecule has 0 aliphatic carbocycles. The van der Waals surface area contributed by atoms with E-state index >= 15 is 0 Å². The normalized spacial score (nSPS) is 23.8. The fraction of sp³-hybridized carbons (Fsp3) is 1.00. The Morgan fingerprint density at radius 1 is 1.17 bits per heavy atom. The summed E-state index contributed by atoms with van der Waals surface area (Å²) in [6.07, 6.45) is 9.08. The zero-order valence-electron chi connectivity index (χ0n) is 13.1. The van der Waals surface area contributed by atoms with Gasteiger partial charge in [-0.25, -0.2) is 0 Å². The molecule has 1 saturated heterocycles. The number of unbranched alkanes of at least 4 members (excludes halogenated alkanes) is 1. The number of nitrogens with zero attached hydrogens (tertiary/aromatic N) is 1. The van der Waals surface area contributed by atoms with Gasteiger partial charge in [0.15, 0.2) is 0 Å². The first-order valence-corrected chi connectivity index (χ1v) is 8.01. The van der Waals surface area contributed by atoms with Crippen LogP contribution in [-0.4, -0.2) is 30.1 Å². The summed E-state index contributed by atoms with van der Waals surface area (Å²) >= 11 is 0. The molecule has 0 aromatic carbocycles. The Morgan fingerprint density at radius 2 is 1.78 bits per heavy atom. The van der Waals surface area contributed by atoms with Crippen LogP contribution in [0.5, 0.6) is 0 Å². The highest BCUT2D eigenvalue weighted by atomic mass is 15.2. The Hall–Kier alpha value is -0.0800. The van der Waals surface area contributed by atoms with Gasteiger partial charge in [0.2, 0.25) is 0 Å². The predicted molar refractivity (Wildman–Crippen MR) is 80.8 cm³/mol. The standard InChI is InChI=1S/C16H34N2/c1-5-8-9-16(7-3,14-17)18-12-10-15(4,6-2)11-13-18/h5-14,17H2,1-4H3. The Balaban J connectivity index is 2.65. The second kappa shape index (κ2) is 6.91. The van der Waals surface area contributed by atoms with Crippen LogP contribution in [0.1, 0.15) is 72.6 Å². The Bertz CT molecular complexity index is 225. The molecule has 0 aromatic heterocycles. The van der Waals surface area contributed by atoms with Crippen molar-refractivity contribution >= 4 is 0 Å². The molecule has 0 aromatic rings. The smallest absolute Gasteiger partial charge is 0.0329 e. The van der Waals surface area contributed by atoms with Crippen molar-refractivity contribution < 1.29 is 0 Å². The van der Waals surface area contributed by atoms with E-state index in [9.17, 15) is 0 Å². The molecule has 1 atom stereocenters. The first-order valence-electron chi connectivity index (χ1n) is 8.01. The van der Waals surface area contributed by atoms with Gasteiger partial charge >= 0.3 is 0 Å². The van der Waals surface area contributed by atoms with E-state index in [4.69, 9.17) is 5.73 Å². The molecule has 108 valence electrons. The quantitative estimate of drug-likeness (QED) is 0.749. The molecule has 0 radical (unpaired) electrons. The van der Waals surface area contributed by atoms with Crippen molar-refractivity contribution in [1.29, 1.82) is 0 Å². The summed E-state index contributed by atoms with van der Waals surface area (Å²) in [6.45, 7) is 12.7. The SMILES string of the molecule is CCCCC(CC)(CN)N1CCC(C)(CC)CC1. The van der Waals surface area contributed by atoms with Crippen LogP contribution in [0.3, 0.4) is 0 Å². The lowest BCUT2D eigenvalue weighted by atomic mass is 9.76. The van der Waals surface area contributed by atoms with Crippen molar-refractivity contribution in [1.82, 2.24) is 4.90 Å². The lowest BCUT2D eigenvalue weighted by molar-refractivity contribution is 0.0160. The molecule has 1 heterocycles. The lowest BCUT2D eigenvalue weighted by Crippen LogP contribution is -2.57. The highest BCUT2D eigenvalue weighted by Gasteiger charge is 2.38. The first-order chi connectivity index (χ1) is 8.55. The highest BCUT2D eigenvalue weighted by molar-refractivity contribution is 4.94. The van der Waals surface area contributed by atoms with Crippen molar-refractivity contribution in [3.05, 3.63) is 0 Å². The number of hydrogen-bond acceptors (Lipinski definition) is 2. The Morgan fingerprint density at radius 3 is 2.17 bits per heavy atom. The van der Waals surface area contributed by atoms with Crippen LogP contribution in [0.15, 0.2) is 0 Å². The van der Waals surface area contributed by atoms with Gasteiger partial charge in [-0.1, -0.05) is 47.0 Å². The van der Waals surface area contributed by atoms with Gasteiger partial charge in [-0.15, -0.1) is 0 Å². The van der Waals surface area contributed by atoms with Gasteiger partial charge in [0.05, 0.1) is 0 Å². The van der Waals surface area contributed by atoms with E-state index in [-0.39, 0.29) is 5.54 Å². The molecule has 0 bridgehead atoms. The Labute approximate surface area is 114 Å². The second-order valence-corrected chi connectivity index (χ2v) is 6.54. The molecular formula is C16H34N2. The van der Waals surface area contributed by atoms with Gasteiger partial charge in [0, 0.05) is 12.1 Å². The molecule has 1 aliphatic rings. The third-order valence-corrected chi connectivity index (χ3v) is 5.53. The molecule has 1 unspecified atom stereocenters. The maximum Gasteiger partial charge on any atom is 0.0329 e. The van der Waals surface area contributed by atoms with E-state index in [1.54, 1.807) is 0 Å². The number of rotatable bonds is 7. The number of likely N-dealkylation sites (tertiary alicyclic amines) is 1. The minimum absolute atomic E-state index is 0.283. The molecule has 2 nitrogen and oxygen atoms in total. The van der Waals surface area contributed by atoms with E-state index < -0.39 is 0 Å². The summed E-state index contributed by atoms with van der Waals surface area (Å²) in [5.41, 5.74) is 7.01. The average molecular weight is 254 g/mol. The fourth-order valence-electron chi connectivity index (χ4n) is 3.31. The van der Waals surface area contributed by atoms with Crippen LogP contribution < -0.4 is 5.73 Å². The molecule has 1 fully saturated rings. The predicted octanol–water partition coefficient (Wildman–Crippen LogP) is 3.80. The van der Waals surface area contributed by atoms with Crippen LogP contribution in [0.2, 0.25) is 0 Å². The molecule has 1 rings (SSSR count). The van der Waals surface area contributed by atoms with E-state index in [0.29, 0.717) is 5.41 Å². The molecular weight excluding hydrogens is 220 g/mol. The second-order valence-electron chi connectivity index (χ2n) is 6.54. The van der Waals surface area contributed by atoms with Crippen molar-refractivity contribution in [2.24, 2.45) is 11.1 Å². The van der Waals surface area contributed by atoms with Gasteiger partial charge in [0.25, 0.3) is 0 Å². The van der Waals surface area contributed by atoms with E-state index in [2.05, 4.69) is 32.6 Å². The maximum atomic E-state index is 6.15. The van der Waals surface area contributed by atoms with Crippen molar-refractivity contribution in [3.8, 4) is 0 Å². The van der Waals surface area contributed by atoms with Crippen LogP contribution in [0.25, 0.3) is 0 Å². The van der Waals surface area contributed by atoms with Gasteiger partial charge in [-0.3, -0.25) is 4.90 Å². The highest BCUT2D eigenvalue weighted by Crippen LogP contribution is 2.38. The summed E-state index contributed by atoms with van der Waals surface area (Å²) in [6, 6.07) is 0. The van der Waals surface area contributed by atoms with Gasteiger partial charge in [-0.2, -0.15) is 0 Å². The van der Waals surface area contributed by atoms with Crippen LogP contribution >= 0.6 is 0 Å². The summed E-state index contributed by atoms with van der Waals surface area (Å²) < 4.78 is 0. The average Bonchev–Trinajstić information content (AvgIpc) is 2.42. The van der Waals surface area contributed by atoms with Crippen LogP contribution in [0, 0.1) is 5.41 Å². The maximum absolute atomic E-state index is 6.15. The zero-order chi connectivity index (χ0) is 13.6. The molecule has 18 heavy (non-hydrogen) atoms. The number of nitrogens with two attached hydrogens (primary N) is 1. The summed E-state index contributed by atoms with van der Waals surface area (Å²) in [5, 5.41) is 0. The number of hydrogen-bond donors (Lipinski definition) is 1. The van der Waals surface area contributed by atoms with E-state index in [1.807, 2.05) is 0 Å². The van der Waals surface area contributed by atoms with E-state index in [1.165, 1.54) is 58.0 Å². The molecule has 2 heteroatoms. The Kier molecular flexibility index (Phi) is 6.13. The van der Waals surface area contributed by atoms with Crippen molar-refractivity contribution in [2.45, 2.75) is 78.2 Å². The summed E-state index contributed by atoms with van der Waals surface area (Å²) in [4.78, 5) is 2.71.